The Hall–Kier alpha value is -3.11. The van der Waals surface area contributed by atoms with E-state index in [-0.39, 0.29) is 18.4 Å². The maximum Gasteiger partial charge on any atom is 0.274 e. The Morgan fingerprint density at radius 3 is 2.80 bits per heavy atom. The van der Waals surface area contributed by atoms with E-state index in [9.17, 15) is 4.79 Å². The van der Waals surface area contributed by atoms with Gasteiger partial charge in [0, 0.05) is 51.6 Å². The van der Waals surface area contributed by atoms with Crippen molar-refractivity contribution in [2.45, 2.75) is 0 Å². The van der Waals surface area contributed by atoms with Gasteiger partial charge in [-0.3, -0.25) is 4.79 Å². The van der Waals surface area contributed by atoms with E-state index >= 15 is 0 Å². The molecule has 0 unspecified atom stereocenters. The number of rotatable bonds is 7. The van der Waals surface area contributed by atoms with Gasteiger partial charge in [-0.05, 0) is 12.1 Å². The molecule has 0 bridgehead atoms. The van der Waals surface area contributed by atoms with E-state index in [2.05, 4.69) is 15.3 Å². The molecular formula is C20H25N5O5. The van der Waals surface area contributed by atoms with E-state index in [1.54, 1.807) is 31.4 Å². The summed E-state index contributed by atoms with van der Waals surface area (Å²) in [6.45, 7) is 3.92. The Kier molecular flexibility index (Phi) is 6.15. The van der Waals surface area contributed by atoms with Crippen LogP contribution in [0, 0.1) is 0 Å². The first-order chi connectivity index (χ1) is 14.6. The van der Waals surface area contributed by atoms with Crippen molar-refractivity contribution >= 4 is 23.4 Å². The average molecular weight is 415 g/mol. The van der Waals surface area contributed by atoms with E-state index < -0.39 is 0 Å². The number of fused-ring (bicyclic) bond motifs is 1. The molecule has 10 heteroatoms. The van der Waals surface area contributed by atoms with Crippen LogP contribution in [-0.2, 0) is 9.47 Å². The number of morpholine rings is 1. The molecule has 0 radical (unpaired) electrons. The number of methoxy groups -OCH3 is 1. The number of benzene rings is 1. The van der Waals surface area contributed by atoms with Crippen LogP contribution < -0.4 is 24.6 Å². The summed E-state index contributed by atoms with van der Waals surface area (Å²) >= 11 is 0. The third-order valence-corrected chi connectivity index (χ3v) is 4.88. The molecule has 1 aromatic heterocycles. The van der Waals surface area contributed by atoms with Crippen molar-refractivity contribution < 1.29 is 23.7 Å². The smallest absolute Gasteiger partial charge is 0.274 e. The highest BCUT2D eigenvalue weighted by Gasteiger charge is 2.20. The van der Waals surface area contributed by atoms with Crippen molar-refractivity contribution in [1.82, 2.24) is 9.97 Å². The van der Waals surface area contributed by atoms with Crippen molar-refractivity contribution in [2.75, 3.05) is 75.5 Å². The molecule has 0 spiro atoms. The Balaban J connectivity index is 1.58. The molecule has 2 aromatic rings. The number of anilines is 3. The van der Waals surface area contributed by atoms with Crippen LogP contribution in [0.3, 0.4) is 0 Å². The first kappa shape index (κ1) is 20.2. The van der Waals surface area contributed by atoms with Gasteiger partial charge in [0.2, 0.25) is 12.7 Å². The fourth-order valence-electron chi connectivity index (χ4n) is 3.15. The summed E-state index contributed by atoms with van der Waals surface area (Å²) in [5.41, 5.74) is 0.883. The zero-order valence-corrected chi connectivity index (χ0v) is 17.1. The number of hydrogen-bond donors (Lipinski definition) is 1. The maximum atomic E-state index is 13.0. The van der Waals surface area contributed by atoms with Gasteiger partial charge in [0.1, 0.15) is 11.5 Å². The van der Waals surface area contributed by atoms with Gasteiger partial charge in [-0.1, -0.05) is 0 Å². The van der Waals surface area contributed by atoms with E-state index in [1.807, 2.05) is 16.8 Å². The van der Waals surface area contributed by atoms with Crippen LogP contribution in [0.25, 0.3) is 0 Å². The second-order valence-corrected chi connectivity index (χ2v) is 6.95. The standard InChI is InChI=1S/C20H25N5O5/c1-24(5-8-27-2)18-12-15(22-20(23-18)25-6-9-28-10-7-25)19(26)21-14-3-4-16-17(11-14)30-13-29-16/h3-4,11-12H,5-10,13H2,1-2H3,(H,21,26). The predicted molar refractivity (Wildman–Crippen MR) is 111 cm³/mol. The van der Waals surface area contributed by atoms with Gasteiger partial charge < -0.3 is 34.1 Å². The van der Waals surface area contributed by atoms with Crippen LogP contribution in [0.1, 0.15) is 10.5 Å². The molecule has 1 aromatic carbocycles. The SMILES string of the molecule is COCCN(C)c1cc(C(=O)Nc2ccc3c(c2)OCO3)nc(N2CCOCC2)n1. The molecule has 1 amide bonds. The van der Waals surface area contributed by atoms with Gasteiger partial charge in [0.15, 0.2) is 11.5 Å². The van der Waals surface area contributed by atoms with Crippen LogP contribution in [0.15, 0.2) is 24.3 Å². The lowest BCUT2D eigenvalue weighted by atomic mass is 10.2. The van der Waals surface area contributed by atoms with Gasteiger partial charge in [-0.15, -0.1) is 0 Å². The van der Waals surface area contributed by atoms with Gasteiger partial charge in [-0.25, -0.2) is 4.98 Å². The van der Waals surface area contributed by atoms with Crippen LogP contribution in [0.4, 0.5) is 17.5 Å². The molecule has 10 nitrogen and oxygen atoms in total. The number of likely N-dealkylation sites (N-methyl/N-ethyl adjacent to an activating group) is 1. The Morgan fingerprint density at radius 2 is 2.00 bits per heavy atom. The minimum absolute atomic E-state index is 0.179. The summed E-state index contributed by atoms with van der Waals surface area (Å²) in [7, 11) is 3.56. The largest absolute Gasteiger partial charge is 0.454 e. The average Bonchev–Trinajstić information content (AvgIpc) is 3.25. The van der Waals surface area contributed by atoms with Crippen molar-refractivity contribution in [1.29, 1.82) is 0 Å². The van der Waals surface area contributed by atoms with Crippen molar-refractivity contribution in [3.63, 3.8) is 0 Å². The quantitative estimate of drug-likeness (QED) is 0.719. The molecule has 1 saturated heterocycles. The summed E-state index contributed by atoms with van der Waals surface area (Å²) in [6, 6.07) is 6.94. The monoisotopic (exact) mass is 415 g/mol. The Labute approximate surface area is 174 Å². The highest BCUT2D eigenvalue weighted by atomic mass is 16.7. The number of aromatic nitrogens is 2. The molecule has 2 aliphatic heterocycles. The summed E-state index contributed by atoms with van der Waals surface area (Å²) < 4.78 is 21.3. The summed E-state index contributed by atoms with van der Waals surface area (Å²) in [5, 5.41) is 2.88. The number of nitrogens with one attached hydrogen (secondary N) is 1. The van der Waals surface area contributed by atoms with Crippen LogP contribution in [0.2, 0.25) is 0 Å². The van der Waals surface area contributed by atoms with Crippen LogP contribution in [-0.4, -0.2) is 76.3 Å². The second kappa shape index (κ2) is 9.14. The lowest BCUT2D eigenvalue weighted by molar-refractivity contribution is 0.102. The summed E-state index contributed by atoms with van der Waals surface area (Å²) in [4.78, 5) is 26.1. The van der Waals surface area contributed by atoms with Crippen molar-refractivity contribution in [2.24, 2.45) is 0 Å². The maximum absolute atomic E-state index is 13.0. The third-order valence-electron chi connectivity index (χ3n) is 4.88. The van der Waals surface area contributed by atoms with Gasteiger partial charge in [0.05, 0.1) is 19.8 Å². The normalized spacial score (nSPS) is 15.2. The van der Waals surface area contributed by atoms with E-state index in [0.717, 1.165) is 0 Å². The minimum Gasteiger partial charge on any atom is -0.454 e. The van der Waals surface area contributed by atoms with E-state index in [4.69, 9.17) is 18.9 Å². The van der Waals surface area contributed by atoms with Crippen LogP contribution in [0.5, 0.6) is 11.5 Å². The molecular weight excluding hydrogens is 390 g/mol. The minimum atomic E-state index is -0.327. The molecule has 4 rings (SSSR count). The lowest BCUT2D eigenvalue weighted by Crippen LogP contribution is -2.38. The van der Waals surface area contributed by atoms with Gasteiger partial charge in [0.25, 0.3) is 5.91 Å². The number of carbonyl (C=O) groups is 1. The first-order valence-corrected chi connectivity index (χ1v) is 9.77. The molecule has 2 aliphatic rings. The number of carbonyl (C=O) groups excluding carboxylic acids is 1. The molecule has 3 heterocycles. The second-order valence-electron chi connectivity index (χ2n) is 6.95. The fourth-order valence-corrected chi connectivity index (χ4v) is 3.15. The summed E-state index contributed by atoms with van der Waals surface area (Å²) in [6.07, 6.45) is 0. The fraction of sp³-hybridized carbons (Fsp3) is 0.450. The Morgan fingerprint density at radius 1 is 1.20 bits per heavy atom. The highest BCUT2D eigenvalue weighted by Crippen LogP contribution is 2.34. The zero-order valence-electron chi connectivity index (χ0n) is 17.1. The predicted octanol–water partition coefficient (Wildman–Crippen LogP) is 1.38. The molecule has 0 atom stereocenters. The number of nitrogens with zero attached hydrogens (tertiary/aromatic N) is 4. The molecule has 0 saturated carbocycles. The first-order valence-electron chi connectivity index (χ1n) is 9.77. The summed E-state index contributed by atoms with van der Waals surface area (Å²) in [5.74, 6) is 2.10. The zero-order chi connectivity index (χ0) is 20.9. The topological polar surface area (TPSA) is 98.3 Å². The number of amides is 1. The number of ether oxygens (including phenoxy) is 4. The molecule has 1 N–H and O–H groups in total. The molecule has 0 aliphatic carbocycles. The molecule has 1 fully saturated rings. The molecule has 160 valence electrons. The lowest BCUT2D eigenvalue weighted by Gasteiger charge is -2.28. The number of hydrogen-bond acceptors (Lipinski definition) is 9. The Bertz CT molecular complexity index is 903. The van der Waals surface area contributed by atoms with Crippen molar-refractivity contribution in [3.8, 4) is 11.5 Å². The third kappa shape index (κ3) is 4.55. The van der Waals surface area contributed by atoms with Gasteiger partial charge >= 0.3 is 0 Å². The van der Waals surface area contributed by atoms with E-state index in [0.29, 0.717) is 68.4 Å². The highest BCUT2D eigenvalue weighted by molar-refractivity contribution is 6.03. The van der Waals surface area contributed by atoms with Crippen molar-refractivity contribution in [3.05, 3.63) is 30.0 Å². The van der Waals surface area contributed by atoms with Gasteiger partial charge in [-0.2, -0.15) is 4.98 Å². The van der Waals surface area contributed by atoms with E-state index in [1.165, 1.54) is 0 Å². The van der Waals surface area contributed by atoms with Crippen LogP contribution >= 0.6 is 0 Å². The molecule has 30 heavy (non-hydrogen) atoms.